The number of hydrogen-bond acceptors (Lipinski definition) is 2. The van der Waals surface area contributed by atoms with Crippen molar-refractivity contribution in [2.45, 2.75) is 84.1 Å². The van der Waals surface area contributed by atoms with E-state index in [-0.39, 0.29) is 0 Å². The Balaban J connectivity index is 4.25. The van der Waals surface area contributed by atoms with Crippen LogP contribution in [-0.4, -0.2) is 16.3 Å². The monoisotopic (exact) mass is 304 g/mol. The normalized spacial score (nSPS) is 18.3. The molecule has 4 unspecified atom stereocenters. The molecule has 2 heteroatoms. The highest BCUT2D eigenvalue weighted by Crippen LogP contribution is 2.32. The van der Waals surface area contributed by atoms with Gasteiger partial charge in [0.2, 0.25) is 0 Å². The van der Waals surface area contributed by atoms with Gasteiger partial charge in [-0.2, -0.15) is 24.4 Å². The van der Waals surface area contributed by atoms with Crippen LogP contribution in [0.4, 0.5) is 0 Å². The zero-order chi connectivity index (χ0) is 14.8. The van der Waals surface area contributed by atoms with Crippen molar-refractivity contribution in [3.05, 3.63) is 0 Å². The Hall–Kier alpha value is 0.700. The highest BCUT2D eigenvalue weighted by atomic mass is 32.2. The van der Waals surface area contributed by atoms with E-state index in [9.17, 15) is 0 Å². The van der Waals surface area contributed by atoms with E-state index in [0.717, 1.165) is 23.0 Å². The third-order valence-electron chi connectivity index (χ3n) is 4.34. The fourth-order valence-electron chi connectivity index (χ4n) is 2.37. The summed E-state index contributed by atoms with van der Waals surface area (Å²) in [6.07, 6.45) is 6.68. The van der Waals surface area contributed by atoms with Crippen LogP contribution < -0.4 is 0 Å². The van der Waals surface area contributed by atoms with Gasteiger partial charge in [0.05, 0.1) is 0 Å². The van der Waals surface area contributed by atoms with Crippen LogP contribution in [0.15, 0.2) is 0 Å². The van der Waals surface area contributed by atoms with Crippen molar-refractivity contribution in [2.24, 2.45) is 17.8 Å². The van der Waals surface area contributed by atoms with Crippen molar-refractivity contribution in [1.29, 1.82) is 0 Å². The Morgan fingerprint density at radius 1 is 0.947 bits per heavy atom. The summed E-state index contributed by atoms with van der Waals surface area (Å²) >= 11 is 6.82. The highest BCUT2D eigenvalue weighted by molar-refractivity contribution is 8.00. The summed E-state index contributed by atoms with van der Waals surface area (Å²) in [7, 11) is 0. The SMILES string of the molecule is CCCC(C)CCC(SCC(S)CC)C(C)C(C)C. The predicted octanol–water partition coefficient (Wildman–Crippen LogP) is 6.31. The van der Waals surface area contributed by atoms with Crippen molar-refractivity contribution in [3.8, 4) is 0 Å². The smallest absolute Gasteiger partial charge is 0.0105 e. The van der Waals surface area contributed by atoms with Gasteiger partial charge in [-0.1, -0.05) is 54.4 Å². The van der Waals surface area contributed by atoms with Crippen molar-refractivity contribution in [2.75, 3.05) is 5.75 Å². The Labute approximate surface area is 132 Å². The summed E-state index contributed by atoms with van der Waals surface area (Å²) in [5, 5.41) is 1.39. The molecule has 0 heterocycles. The lowest BCUT2D eigenvalue weighted by molar-refractivity contribution is 0.366. The van der Waals surface area contributed by atoms with Crippen LogP contribution in [0, 0.1) is 17.8 Å². The van der Waals surface area contributed by atoms with E-state index in [4.69, 9.17) is 0 Å². The fourth-order valence-corrected chi connectivity index (χ4v) is 4.25. The lowest BCUT2D eigenvalue weighted by atomic mass is 9.89. The van der Waals surface area contributed by atoms with Gasteiger partial charge in [0.1, 0.15) is 0 Å². The van der Waals surface area contributed by atoms with E-state index in [1.165, 1.54) is 37.9 Å². The molecule has 19 heavy (non-hydrogen) atoms. The van der Waals surface area contributed by atoms with Gasteiger partial charge in [0.15, 0.2) is 0 Å². The van der Waals surface area contributed by atoms with E-state index >= 15 is 0 Å². The minimum Gasteiger partial charge on any atom is -0.175 e. The van der Waals surface area contributed by atoms with Gasteiger partial charge in [-0.15, -0.1) is 0 Å². The first kappa shape index (κ1) is 19.7. The van der Waals surface area contributed by atoms with E-state index in [0.29, 0.717) is 5.25 Å². The first-order valence-corrected chi connectivity index (χ1v) is 9.78. The van der Waals surface area contributed by atoms with E-state index in [2.05, 4.69) is 65.9 Å². The quantitative estimate of drug-likeness (QED) is 0.437. The molecule has 0 bridgehead atoms. The fraction of sp³-hybridized carbons (Fsp3) is 1.00. The minimum absolute atomic E-state index is 0.569. The van der Waals surface area contributed by atoms with Crippen LogP contribution in [0.5, 0.6) is 0 Å². The largest absolute Gasteiger partial charge is 0.175 e. The maximum atomic E-state index is 4.65. The molecule has 0 aliphatic rings. The van der Waals surface area contributed by atoms with Crippen molar-refractivity contribution >= 4 is 24.4 Å². The zero-order valence-electron chi connectivity index (χ0n) is 14.0. The van der Waals surface area contributed by atoms with Gasteiger partial charge < -0.3 is 0 Å². The average molecular weight is 305 g/mol. The summed E-state index contributed by atoms with van der Waals surface area (Å²) < 4.78 is 0. The molecule has 0 amide bonds. The molecule has 0 saturated carbocycles. The number of rotatable bonds is 11. The average Bonchev–Trinajstić information content (AvgIpc) is 2.37. The molecular weight excluding hydrogens is 268 g/mol. The number of thioether (sulfide) groups is 1. The van der Waals surface area contributed by atoms with Crippen LogP contribution in [0.2, 0.25) is 0 Å². The molecule has 0 saturated heterocycles. The van der Waals surface area contributed by atoms with Crippen LogP contribution >= 0.6 is 24.4 Å². The van der Waals surface area contributed by atoms with Gasteiger partial charge in [-0.25, -0.2) is 0 Å². The predicted molar refractivity (Wildman–Crippen MR) is 96.6 cm³/mol. The Morgan fingerprint density at radius 2 is 1.58 bits per heavy atom. The first-order valence-electron chi connectivity index (χ1n) is 8.21. The molecule has 0 aliphatic carbocycles. The standard InChI is InChI=1S/C17H36S2/c1-7-9-14(5)10-11-17(15(6)13(3)4)19-12-16(18)8-2/h13-18H,7-12H2,1-6H3. The Morgan fingerprint density at radius 3 is 2.05 bits per heavy atom. The molecule has 0 aromatic rings. The van der Waals surface area contributed by atoms with Crippen molar-refractivity contribution in [3.63, 3.8) is 0 Å². The summed E-state index contributed by atoms with van der Waals surface area (Å²) in [6, 6.07) is 0. The second kappa shape index (κ2) is 11.4. The van der Waals surface area contributed by atoms with Gasteiger partial charge in [-0.05, 0) is 37.0 Å². The van der Waals surface area contributed by atoms with Gasteiger partial charge >= 0.3 is 0 Å². The molecular formula is C17H36S2. The van der Waals surface area contributed by atoms with Crippen LogP contribution in [-0.2, 0) is 0 Å². The molecule has 0 nitrogen and oxygen atoms in total. The molecule has 0 aliphatic heterocycles. The second-order valence-electron chi connectivity index (χ2n) is 6.51. The molecule has 0 aromatic heterocycles. The Kier molecular flexibility index (Phi) is 11.8. The van der Waals surface area contributed by atoms with Gasteiger partial charge in [0, 0.05) is 16.3 Å². The minimum atomic E-state index is 0.569. The number of hydrogen-bond donors (Lipinski definition) is 1. The summed E-state index contributed by atoms with van der Waals surface area (Å²) in [4.78, 5) is 0. The zero-order valence-corrected chi connectivity index (χ0v) is 15.7. The summed E-state index contributed by atoms with van der Waals surface area (Å²) in [5.74, 6) is 3.71. The topological polar surface area (TPSA) is 0 Å². The van der Waals surface area contributed by atoms with E-state index in [1.54, 1.807) is 0 Å². The lowest BCUT2D eigenvalue weighted by Gasteiger charge is -2.28. The second-order valence-corrected chi connectivity index (χ2v) is 8.51. The highest BCUT2D eigenvalue weighted by Gasteiger charge is 2.21. The molecule has 4 atom stereocenters. The van der Waals surface area contributed by atoms with E-state index in [1.807, 2.05) is 0 Å². The molecule has 0 fully saturated rings. The molecule has 116 valence electrons. The third-order valence-corrected chi connectivity index (χ3v) is 6.82. The van der Waals surface area contributed by atoms with E-state index < -0.39 is 0 Å². The third kappa shape index (κ3) is 9.28. The van der Waals surface area contributed by atoms with Crippen LogP contribution in [0.1, 0.15) is 73.6 Å². The van der Waals surface area contributed by atoms with Gasteiger partial charge in [-0.3, -0.25) is 0 Å². The van der Waals surface area contributed by atoms with Gasteiger partial charge in [0.25, 0.3) is 0 Å². The summed E-state index contributed by atoms with van der Waals surface area (Å²) in [5.41, 5.74) is 0. The lowest BCUT2D eigenvalue weighted by Crippen LogP contribution is -2.22. The molecule has 0 spiro atoms. The molecule has 0 aromatic carbocycles. The molecule has 0 radical (unpaired) electrons. The summed E-state index contributed by atoms with van der Waals surface area (Å²) in [6.45, 7) is 14.1. The maximum Gasteiger partial charge on any atom is 0.0105 e. The van der Waals surface area contributed by atoms with Crippen LogP contribution in [0.25, 0.3) is 0 Å². The van der Waals surface area contributed by atoms with Crippen LogP contribution in [0.3, 0.4) is 0 Å². The van der Waals surface area contributed by atoms with Crippen molar-refractivity contribution in [1.82, 2.24) is 0 Å². The maximum absolute atomic E-state index is 4.65. The first-order chi connectivity index (χ1) is 8.92. The molecule has 0 rings (SSSR count). The Bertz CT molecular complexity index is 203. The molecule has 0 N–H and O–H groups in total. The van der Waals surface area contributed by atoms with Crippen molar-refractivity contribution < 1.29 is 0 Å². The number of thiol groups is 1.